The van der Waals surface area contributed by atoms with Crippen molar-refractivity contribution in [2.24, 2.45) is 5.92 Å². The zero-order valence-corrected chi connectivity index (χ0v) is 23.6. The molecule has 1 unspecified atom stereocenters. The molecule has 2 aliphatic heterocycles. The normalized spacial score (nSPS) is 20.1. The summed E-state index contributed by atoms with van der Waals surface area (Å²) in [6.45, 7) is 8.60. The van der Waals surface area contributed by atoms with E-state index in [9.17, 15) is 9.59 Å². The Labute approximate surface area is 239 Å². The van der Waals surface area contributed by atoms with Gasteiger partial charge in [-0.2, -0.15) is 0 Å². The largest absolute Gasteiger partial charge is 0.360 e. The van der Waals surface area contributed by atoms with Crippen LogP contribution in [-0.4, -0.2) is 75.0 Å². The second-order valence-electron chi connectivity index (χ2n) is 11.2. The summed E-state index contributed by atoms with van der Waals surface area (Å²) in [6.07, 6.45) is 0.689. The number of benzene rings is 2. The molecule has 10 heteroatoms. The SMILES string of the molecule is Cc1onc(-c2ccccc2)c1C(=O)N1CCN2Cc3nc(c4ccccc4n3)N[C@@H](C(C)C)C(=O)NCCC2C1. The van der Waals surface area contributed by atoms with E-state index in [4.69, 9.17) is 14.5 Å². The van der Waals surface area contributed by atoms with E-state index in [1.165, 1.54) is 0 Å². The average Bonchev–Trinajstić information content (AvgIpc) is 3.37. The number of nitrogens with one attached hydrogen (secondary N) is 2. The smallest absolute Gasteiger partial charge is 0.259 e. The maximum absolute atomic E-state index is 13.9. The highest BCUT2D eigenvalue weighted by Crippen LogP contribution is 2.29. The second-order valence-corrected chi connectivity index (χ2v) is 11.2. The fraction of sp³-hybridized carbons (Fsp3) is 0.387. The Kier molecular flexibility index (Phi) is 7.40. The van der Waals surface area contributed by atoms with E-state index in [2.05, 4.69) is 20.7 Å². The van der Waals surface area contributed by atoms with Gasteiger partial charge in [-0.15, -0.1) is 0 Å². The van der Waals surface area contributed by atoms with Gasteiger partial charge in [0.25, 0.3) is 5.91 Å². The lowest BCUT2D eigenvalue weighted by molar-refractivity contribution is -0.122. The predicted molar refractivity (Wildman–Crippen MR) is 156 cm³/mol. The van der Waals surface area contributed by atoms with Gasteiger partial charge < -0.3 is 20.1 Å². The molecule has 6 rings (SSSR count). The summed E-state index contributed by atoms with van der Waals surface area (Å²) < 4.78 is 5.48. The van der Waals surface area contributed by atoms with Crippen LogP contribution < -0.4 is 10.6 Å². The molecular formula is C31H35N7O3. The Morgan fingerprint density at radius 1 is 1.05 bits per heavy atom. The van der Waals surface area contributed by atoms with Gasteiger partial charge in [-0.05, 0) is 31.4 Å². The van der Waals surface area contributed by atoms with Crippen LogP contribution >= 0.6 is 0 Å². The summed E-state index contributed by atoms with van der Waals surface area (Å²) >= 11 is 0. The third kappa shape index (κ3) is 5.39. The minimum absolute atomic E-state index is 0.0109. The number of para-hydroxylation sites is 1. The lowest BCUT2D eigenvalue weighted by atomic mass is 10.0. The van der Waals surface area contributed by atoms with Crippen molar-refractivity contribution in [2.45, 2.75) is 45.8 Å². The Bertz CT molecular complexity index is 1570. The molecule has 1 saturated heterocycles. The van der Waals surface area contributed by atoms with Crippen LogP contribution in [-0.2, 0) is 11.3 Å². The summed E-state index contributed by atoms with van der Waals surface area (Å²) in [5.74, 6) is 1.77. The first-order valence-electron chi connectivity index (χ1n) is 14.2. The van der Waals surface area contributed by atoms with Crippen molar-refractivity contribution in [3.05, 3.63) is 71.7 Å². The molecule has 2 aliphatic rings. The van der Waals surface area contributed by atoms with Crippen molar-refractivity contribution in [3.8, 4) is 11.3 Å². The molecule has 2 N–H and O–H groups in total. The molecule has 4 heterocycles. The van der Waals surface area contributed by atoms with Crippen LogP contribution in [0.5, 0.6) is 0 Å². The Hall–Kier alpha value is -4.31. The summed E-state index contributed by atoms with van der Waals surface area (Å²) in [7, 11) is 0. The molecule has 212 valence electrons. The zero-order chi connectivity index (χ0) is 28.5. The zero-order valence-electron chi connectivity index (χ0n) is 23.6. The van der Waals surface area contributed by atoms with E-state index >= 15 is 0 Å². The molecule has 2 aromatic carbocycles. The maximum atomic E-state index is 13.9. The van der Waals surface area contributed by atoms with Crippen LogP contribution in [0.25, 0.3) is 22.2 Å². The van der Waals surface area contributed by atoms with E-state index in [0.29, 0.717) is 67.8 Å². The average molecular weight is 554 g/mol. The molecule has 2 aromatic heterocycles. The molecular weight excluding hydrogens is 518 g/mol. The first-order chi connectivity index (χ1) is 19.9. The van der Waals surface area contributed by atoms with Gasteiger partial charge in [0.1, 0.15) is 34.7 Å². The lowest BCUT2D eigenvalue weighted by Gasteiger charge is -2.41. The summed E-state index contributed by atoms with van der Waals surface area (Å²) in [5.41, 5.74) is 2.74. The minimum Gasteiger partial charge on any atom is -0.360 e. The number of hydrogen-bond donors (Lipinski definition) is 2. The predicted octanol–water partition coefficient (Wildman–Crippen LogP) is 3.88. The number of aromatic nitrogens is 3. The van der Waals surface area contributed by atoms with Gasteiger partial charge in [0.15, 0.2) is 0 Å². The van der Waals surface area contributed by atoms with Crippen LogP contribution in [0.15, 0.2) is 59.1 Å². The Balaban J connectivity index is 1.30. The molecule has 4 aromatic rings. The van der Waals surface area contributed by atoms with Crippen LogP contribution in [0.1, 0.15) is 42.2 Å². The molecule has 2 atom stereocenters. The van der Waals surface area contributed by atoms with E-state index in [1.54, 1.807) is 6.92 Å². The molecule has 0 spiro atoms. The first kappa shape index (κ1) is 26.9. The maximum Gasteiger partial charge on any atom is 0.259 e. The number of carbonyl (C=O) groups is 2. The number of nitrogens with zero attached hydrogens (tertiary/aromatic N) is 5. The summed E-state index contributed by atoms with van der Waals surface area (Å²) in [4.78, 5) is 41.2. The van der Waals surface area contributed by atoms with E-state index in [1.807, 2.05) is 73.3 Å². The third-order valence-corrected chi connectivity index (χ3v) is 8.03. The molecule has 0 saturated carbocycles. The number of amides is 2. The Morgan fingerprint density at radius 2 is 1.83 bits per heavy atom. The van der Waals surface area contributed by atoms with Crippen molar-refractivity contribution < 1.29 is 14.1 Å². The number of rotatable bonds is 3. The van der Waals surface area contributed by atoms with Crippen molar-refractivity contribution in [1.82, 2.24) is 30.2 Å². The van der Waals surface area contributed by atoms with Gasteiger partial charge in [0.2, 0.25) is 5.91 Å². The highest BCUT2D eigenvalue weighted by Gasteiger charge is 2.34. The lowest BCUT2D eigenvalue weighted by Crippen LogP contribution is -2.55. The Morgan fingerprint density at radius 3 is 2.63 bits per heavy atom. The van der Waals surface area contributed by atoms with Gasteiger partial charge in [-0.25, -0.2) is 9.97 Å². The van der Waals surface area contributed by atoms with Crippen LogP contribution in [0.4, 0.5) is 5.82 Å². The van der Waals surface area contributed by atoms with Crippen molar-refractivity contribution in [2.75, 3.05) is 31.5 Å². The van der Waals surface area contributed by atoms with Crippen LogP contribution in [0.2, 0.25) is 0 Å². The molecule has 41 heavy (non-hydrogen) atoms. The number of fused-ring (bicyclic) bond motifs is 5. The van der Waals surface area contributed by atoms with Crippen molar-refractivity contribution in [1.29, 1.82) is 0 Å². The van der Waals surface area contributed by atoms with Crippen LogP contribution in [0.3, 0.4) is 0 Å². The molecule has 0 radical (unpaired) electrons. The summed E-state index contributed by atoms with van der Waals surface area (Å²) in [5, 5.41) is 11.7. The molecule has 0 aliphatic carbocycles. The standard InChI is InChI=1S/C31H35N7O3/c1-19(2)27-30(39)32-14-13-22-17-38(31(40)26-20(3)41-36-28(26)21-9-5-4-6-10-21)16-15-37(22)18-25-33-24-12-8-7-11-23(24)29(34-25)35-27/h4-12,19,22,27H,13-18H2,1-3H3,(H,32,39)(H,33,34,35)/t22?,27-/m0/s1. The van der Waals surface area contributed by atoms with E-state index in [0.717, 1.165) is 16.5 Å². The number of hydrogen-bond acceptors (Lipinski definition) is 8. The van der Waals surface area contributed by atoms with Gasteiger partial charge in [0.05, 0.1) is 12.1 Å². The molecule has 10 nitrogen and oxygen atoms in total. The van der Waals surface area contributed by atoms with Gasteiger partial charge >= 0.3 is 0 Å². The number of piperazine rings is 1. The molecule has 2 bridgehead atoms. The fourth-order valence-corrected chi connectivity index (χ4v) is 5.78. The van der Waals surface area contributed by atoms with Gasteiger partial charge in [-0.1, -0.05) is 61.5 Å². The quantitative estimate of drug-likeness (QED) is 0.393. The summed E-state index contributed by atoms with van der Waals surface area (Å²) in [6, 6.07) is 17.1. The monoisotopic (exact) mass is 553 g/mol. The third-order valence-electron chi connectivity index (χ3n) is 8.03. The van der Waals surface area contributed by atoms with Crippen molar-refractivity contribution in [3.63, 3.8) is 0 Å². The van der Waals surface area contributed by atoms with Gasteiger partial charge in [0, 0.05) is 43.2 Å². The fourth-order valence-electron chi connectivity index (χ4n) is 5.78. The number of aryl methyl sites for hydroxylation is 1. The van der Waals surface area contributed by atoms with E-state index in [-0.39, 0.29) is 23.8 Å². The molecule has 2 amide bonds. The highest BCUT2D eigenvalue weighted by atomic mass is 16.5. The first-order valence-corrected chi connectivity index (χ1v) is 14.2. The van der Waals surface area contributed by atoms with Gasteiger partial charge in [-0.3, -0.25) is 14.5 Å². The van der Waals surface area contributed by atoms with E-state index < -0.39 is 6.04 Å². The van der Waals surface area contributed by atoms with Crippen LogP contribution in [0, 0.1) is 12.8 Å². The topological polar surface area (TPSA) is 116 Å². The highest BCUT2D eigenvalue weighted by molar-refractivity contribution is 6.01. The molecule has 1 fully saturated rings. The minimum atomic E-state index is -0.436. The van der Waals surface area contributed by atoms with Crippen molar-refractivity contribution >= 4 is 28.5 Å². The second kappa shape index (κ2) is 11.3. The number of anilines is 1. The number of carbonyl (C=O) groups excluding carboxylic acids is 2.